The van der Waals surface area contributed by atoms with Gasteiger partial charge in [0.05, 0.1) is 0 Å². The van der Waals surface area contributed by atoms with E-state index >= 15 is 0 Å². The molecule has 2 heterocycles. The summed E-state index contributed by atoms with van der Waals surface area (Å²) < 4.78 is 0. The number of pyridine rings is 1. The molecule has 0 aromatic carbocycles. The van der Waals surface area contributed by atoms with Gasteiger partial charge in [-0.25, -0.2) is 0 Å². The van der Waals surface area contributed by atoms with E-state index in [-0.39, 0.29) is 11.8 Å². The van der Waals surface area contributed by atoms with Crippen LogP contribution < -0.4 is 0 Å². The topological polar surface area (TPSA) is 53.5 Å². The van der Waals surface area contributed by atoms with Crippen molar-refractivity contribution in [2.24, 2.45) is 0 Å². The maximum absolute atomic E-state index is 12.7. The highest BCUT2D eigenvalue weighted by Gasteiger charge is 2.21. The van der Waals surface area contributed by atoms with Crippen LogP contribution in [0.5, 0.6) is 0 Å². The second-order valence-corrected chi connectivity index (χ2v) is 6.43. The van der Waals surface area contributed by atoms with Gasteiger partial charge in [-0.15, -0.1) is 0 Å². The zero-order valence-electron chi connectivity index (χ0n) is 15.0. The zero-order chi connectivity index (χ0) is 17.4. The third kappa shape index (κ3) is 4.79. The minimum Gasteiger partial charge on any atom is -0.339 e. The summed E-state index contributed by atoms with van der Waals surface area (Å²) in [5, 5.41) is 0. The first kappa shape index (κ1) is 18.4. The van der Waals surface area contributed by atoms with Gasteiger partial charge >= 0.3 is 0 Å². The van der Waals surface area contributed by atoms with Crippen molar-refractivity contribution < 1.29 is 9.59 Å². The monoisotopic (exact) mass is 331 g/mol. The van der Waals surface area contributed by atoms with Gasteiger partial charge in [-0.2, -0.15) is 0 Å². The van der Waals surface area contributed by atoms with Gasteiger partial charge in [-0.3, -0.25) is 14.6 Å². The number of hydrogen-bond acceptors (Lipinski definition) is 3. The molecule has 0 saturated carbocycles. The van der Waals surface area contributed by atoms with Gasteiger partial charge in [0.15, 0.2) is 0 Å². The van der Waals surface area contributed by atoms with Gasteiger partial charge in [-0.05, 0) is 37.8 Å². The molecule has 2 amide bonds. The Labute approximate surface area is 145 Å². The van der Waals surface area contributed by atoms with Gasteiger partial charge in [0.1, 0.15) is 5.69 Å². The van der Waals surface area contributed by atoms with Crippen LogP contribution in [-0.4, -0.2) is 52.8 Å². The van der Waals surface area contributed by atoms with E-state index in [1.807, 2.05) is 9.80 Å². The maximum Gasteiger partial charge on any atom is 0.272 e. The number of likely N-dealkylation sites (tertiary alicyclic amines) is 1. The molecule has 0 atom stereocenters. The Morgan fingerprint density at radius 2 is 1.71 bits per heavy atom. The summed E-state index contributed by atoms with van der Waals surface area (Å²) in [7, 11) is 0. The Morgan fingerprint density at radius 3 is 2.29 bits per heavy atom. The summed E-state index contributed by atoms with van der Waals surface area (Å²) in [6, 6.07) is 3.38. The molecule has 5 nitrogen and oxygen atoms in total. The first-order valence-electron chi connectivity index (χ1n) is 9.22. The molecule has 2 rings (SSSR count). The molecule has 1 aromatic heterocycles. The van der Waals surface area contributed by atoms with Crippen LogP contribution in [0.1, 0.15) is 73.2 Å². The van der Waals surface area contributed by atoms with Gasteiger partial charge in [0.25, 0.3) is 11.8 Å². The average Bonchev–Trinajstić information content (AvgIpc) is 2.90. The Balaban J connectivity index is 2.14. The van der Waals surface area contributed by atoms with E-state index in [4.69, 9.17) is 0 Å². The number of amides is 2. The molecule has 132 valence electrons. The average molecular weight is 331 g/mol. The summed E-state index contributed by atoms with van der Waals surface area (Å²) in [6.45, 7) is 7.17. The summed E-state index contributed by atoms with van der Waals surface area (Å²) in [5.74, 6) is -0.0601. The van der Waals surface area contributed by atoms with E-state index in [1.54, 1.807) is 18.3 Å². The van der Waals surface area contributed by atoms with Crippen molar-refractivity contribution in [1.82, 2.24) is 14.8 Å². The predicted molar refractivity (Wildman–Crippen MR) is 95.1 cm³/mol. The fourth-order valence-corrected chi connectivity index (χ4v) is 3.15. The SMILES string of the molecule is CCCN(CCC)C(=O)c1cc(C(=O)N2CCCCCC2)ccn1. The summed E-state index contributed by atoms with van der Waals surface area (Å²) in [6.07, 6.45) is 7.90. The van der Waals surface area contributed by atoms with E-state index in [0.29, 0.717) is 11.3 Å². The van der Waals surface area contributed by atoms with Crippen molar-refractivity contribution in [1.29, 1.82) is 0 Å². The van der Waals surface area contributed by atoms with Gasteiger partial charge < -0.3 is 9.80 Å². The molecule has 0 aliphatic carbocycles. The van der Waals surface area contributed by atoms with Crippen LogP contribution in [0.15, 0.2) is 18.3 Å². The highest BCUT2D eigenvalue weighted by Crippen LogP contribution is 2.14. The van der Waals surface area contributed by atoms with Crippen LogP contribution in [-0.2, 0) is 0 Å². The number of carbonyl (C=O) groups excluding carboxylic acids is 2. The molecule has 24 heavy (non-hydrogen) atoms. The number of rotatable bonds is 6. The second-order valence-electron chi connectivity index (χ2n) is 6.43. The first-order chi connectivity index (χ1) is 11.7. The van der Waals surface area contributed by atoms with Gasteiger partial charge in [-0.1, -0.05) is 26.7 Å². The molecule has 0 bridgehead atoms. The lowest BCUT2D eigenvalue weighted by molar-refractivity contribution is 0.0749. The minimum absolute atomic E-state index is 0.0193. The van der Waals surface area contributed by atoms with Crippen LogP contribution in [0, 0.1) is 0 Å². The molecule has 1 aromatic rings. The highest BCUT2D eigenvalue weighted by atomic mass is 16.2. The van der Waals surface area contributed by atoms with Gasteiger partial charge in [0, 0.05) is 37.9 Å². The smallest absolute Gasteiger partial charge is 0.272 e. The van der Waals surface area contributed by atoms with Crippen molar-refractivity contribution >= 4 is 11.8 Å². The Kier molecular flexibility index (Phi) is 7.22. The quantitative estimate of drug-likeness (QED) is 0.803. The van der Waals surface area contributed by atoms with Crippen molar-refractivity contribution in [3.63, 3.8) is 0 Å². The van der Waals surface area contributed by atoms with Crippen LogP contribution in [0.25, 0.3) is 0 Å². The third-order valence-electron chi connectivity index (χ3n) is 4.39. The van der Waals surface area contributed by atoms with Crippen molar-refractivity contribution in [2.75, 3.05) is 26.2 Å². The summed E-state index contributed by atoms with van der Waals surface area (Å²) >= 11 is 0. The van der Waals surface area contributed by atoms with Crippen molar-refractivity contribution in [3.8, 4) is 0 Å². The summed E-state index contributed by atoms with van der Waals surface area (Å²) in [4.78, 5) is 33.3. The molecule has 1 saturated heterocycles. The lowest BCUT2D eigenvalue weighted by atomic mass is 10.1. The van der Waals surface area contributed by atoms with Gasteiger partial charge in [0.2, 0.25) is 0 Å². The Bertz CT molecular complexity index is 516. The van der Waals surface area contributed by atoms with Crippen LogP contribution in [0.3, 0.4) is 0 Å². The predicted octanol–water partition coefficient (Wildman–Crippen LogP) is 3.36. The number of nitrogens with zero attached hydrogens (tertiary/aromatic N) is 3. The third-order valence-corrected chi connectivity index (χ3v) is 4.39. The molecule has 0 radical (unpaired) electrons. The zero-order valence-corrected chi connectivity index (χ0v) is 15.0. The molecule has 0 unspecified atom stereocenters. The molecule has 0 spiro atoms. The molecule has 0 N–H and O–H groups in total. The Morgan fingerprint density at radius 1 is 1.08 bits per heavy atom. The normalized spacial score (nSPS) is 15.0. The lowest BCUT2D eigenvalue weighted by Crippen LogP contribution is -2.34. The van der Waals surface area contributed by atoms with E-state index in [9.17, 15) is 9.59 Å². The maximum atomic E-state index is 12.7. The van der Waals surface area contributed by atoms with E-state index < -0.39 is 0 Å². The first-order valence-corrected chi connectivity index (χ1v) is 9.22. The highest BCUT2D eigenvalue weighted by molar-refractivity contribution is 5.98. The number of hydrogen-bond donors (Lipinski definition) is 0. The van der Waals surface area contributed by atoms with E-state index in [2.05, 4.69) is 18.8 Å². The molecule has 1 fully saturated rings. The fraction of sp³-hybridized carbons (Fsp3) is 0.632. The molecule has 1 aliphatic heterocycles. The van der Waals surface area contributed by atoms with Crippen molar-refractivity contribution in [3.05, 3.63) is 29.6 Å². The molecular formula is C19H29N3O2. The standard InChI is InChI=1S/C19H29N3O2/c1-3-11-21(12-4-2)19(24)17-15-16(9-10-20-17)18(23)22-13-7-5-6-8-14-22/h9-10,15H,3-8,11-14H2,1-2H3. The van der Waals surface area contributed by atoms with Crippen LogP contribution >= 0.6 is 0 Å². The molecule has 5 heteroatoms. The fourth-order valence-electron chi connectivity index (χ4n) is 3.15. The van der Waals surface area contributed by atoms with E-state index in [1.165, 1.54) is 12.8 Å². The molecular weight excluding hydrogens is 302 g/mol. The number of carbonyl (C=O) groups is 2. The lowest BCUT2D eigenvalue weighted by Gasteiger charge is -2.22. The van der Waals surface area contributed by atoms with Crippen LogP contribution in [0.2, 0.25) is 0 Å². The second kappa shape index (κ2) is 9.40. The minimum atomic E-state index is -0.0794. The number of aromatic nitrogens is 1. The van der Waals surface area contributed by atoms with Crippen LogP contribution in [0.4, 0.5) is 0 Å². The largest absolute Gasteiger partial charge is 0.339 e. The van der Waals surface area contributed by atoms with E-state index in [0.717, 1.165) is 51.9 Å². The molecule has 1 aliphatic rings. The Hall–Kier alpha value is -1.91. The van der Waals surface area contributed by atoms with Crippen molar-refractivity contribution in [2.45, 2.75) is 52.4 Å². The summed E-state index contributed by atoms with van der Waals surface area (Å²) in [5.41, 5.74) is 0.945.